The minimum atomic E-state index is -0.274. The zero-order valence-electron chi connectivity index (χ0n) is 18.2. The second-order valence-electron chi connectivity index (χ2n) is 8.77. The number of likely N-dealkylation sites (tertiary alicyclic amines) is 1. The molecule has 2 aliphatic rings. The molecule has 4 rings (SSSR count). The number of nitrogens with one attached hydrogen (secondary N) is 1. The van der Waals surface area contributed by atoms with Crippen LogP contribution in [0.1, 0.15) is 57.7 Å². The quantitative estimate of drug-likeness (QED) is 0.648. The summed E-state index contributed by atoms with van der Waals surface area (Å²) >= 11 is 1.39. The standard InChI is InChI=1S/C23H32FN5OS/c1-17-7-3-4-8-20(17)25-22(30)16-31-23-27-26-21(15-28-13-5-2-6-14-28)29(23)19-11-9-18(24)10-12-19/h9-12,17,20H,2-8,13-16H2,1H3,(H,25,30). The molecule has 1 amide bonds. The smallest absolute Gasteiger partial charge is 0.230 e. The lowest BCUT2D eigenvalue weighted by Crippen LogP contribution is -2.41. The van der Waals surface area contributed by atoms with Gasteiger partial charge in [-0.2, -0.15) is 0 Å². The maximum absolute atomic E-state index is 13.5. The molecule has 1 aromatic heterocycles. The Bertz CT molecular complexity index is 865. The third kappa shape index (κ3) is 5.86. The fraction of sp³-hybridized carbons (Fsp3) is 0.609. The SMILES string of the molecule is CC1CCCCC1NC(=O)CSc1nnc(CN2CCCCC2)n1-c1ccc(F)cc1. The van der Waals surface area contributed by atoms with Gasteiger partial charge in [-0.25, -0.2) is 4.39 Å². The molecule has 0 bridgehead atoms. The molecule has 1 N–H and O–H groups in total. The van der Waals surface area contributed by atoms with Crippen molar-refractivity contribution < 1.29 is 9.18 Å². The maximum atomic E-state index is 13.5. The van der Waals surface area contributed by atoms with E-state index in [2.05, 4.69) is 27.3 Å². The first-order valence-corrected chi connectivity index (χ1v) is 12.4. The van der Waals surface area contributed by atoms with Gasteiger partial charge in [0.15, 0.2) is 11.0 Å². The van der Waals surface area contributed by atoms with Gasteiger partial charge in [0, 0.05) is 11.7 Å². The van der Waals surface area contributed by atoms with Gasteiger partial charge in [0.1, 0.15) is 5.82 Å². The number of thioether (sulfide) groups is 1. The van der Waals surface area contributed by atoms with Crippen molar-refractivity contribution in [2.24, 2.45) is 5.92 Å². The summed E-state index contributed by atoms with van der Waals surface area (Å²) in [5, 5.41) is 12.7. The highest BCUT2D eigenvalue weighted by molar-refractivity contribution is 7.99. The Kier molecular flexibility index (Phi) is 7.61. The molecule has 1 aliphatic carbocycles. The second kappa shape index (κ2) is 10.6. The van der Waals surface area contributed by atoms with Gasteiger partial charge < -0.3 is 5.32 Å². The minimum Gasteiger partial charge on any atom is -0.352 e. The van der Waals surface area contributed by atoms with E-state index in [9.17, 15) is 9.18 Å². The fourth-order valence-electron chi connectivity index (χ4n) is 4.57. The van der Waals surface area contributed by atoms with Crippen LogP contribution in [0.25, 0.3) is 5.69 Å². The average molecular weight is 446 g/mol. The Labute approximate surface area is 188 Å². The number of nitrogens with zero attached hydrogens (tertiary/aromatic N) is 4. The summed E-state index contributed by atoms with van der Waals surface area (Å²) in [5.74, 6) is 1.42. The lowest BCUT2D eigenvalue weighted by Gasteiger charge is -2.29. The third-order valence-electron chi connectivity index (χ3n) is 6.39. The number of rotatable bonds is 7. The number of piperidine rings is 1. The third-order valence-corrected chi connectivity index (χ3v) is 7.32. The molecule has 2 heterocycles. The van der Waals surface area contributed by atoms with Crippen LogP contribution >= 0.6 is 11.8 Å². The molecule has 0 spiro atoms. The fourth-order valence-corrected chi connectivity index (χ4v) is 5.35. The van der Waals surface area contributed by atoms with Crippen molar-refractivity contribution in [3.8, 4) is 5.69 Å². The first-order chi connectivity index (χ1) is 15.1. The lowest BCUT2D eigenvalue weighted by molar-refractivity contribution is -0.119. The van der Waals surface area contributed by atoms with Crippen molar-refractivity contribution in [3.63, 3.8) is 0 Å². The summed E-state index contributed by atoms with van der Waals surface area (Å²) in [7, 11) is 0. The van der Waals surface area contributed by atoms with Crippen LogP contribution in [-0.4, -0.2) is 50.5 Å². The molecule has 1 saturated heterocycles. The number of hydrogen-bond acceptors (Lipinski definition) is 5. The molecule has 2 atom stereocenters. The van der Waals surface area contributed by atoms with Crippen LogP contribution in [0.5, 0.6) is 0 Å². The van der Waals surface area contributed by atoms with Gasteiger partial charge in [-0.1, -0.05) is 37.9 Å². The number of benzene rings is 1. The number of hydrogen-bond donors (Lipinski definition) is 1. The van der Waals surface area contributed by atoms with Crippen LogP contribution in [0.4, 0.5) is 4.39 Å². The molecule has 2 fully saturated rings. The monoisotopic (exact) mass is 445 g/mol. The van der Waals surface area contributed by atoms with Crippen molar-refractivity contribution in [1.29, 1.82) is 0 Å². The number of halogens is 1. The van der Waals surface area contributed by atoms with Crippen LogP contribution < -0.4 is 5.32 Å². The van der Waals surface area contributed by atoms with Gasteiger partial charge >= 0.3 is 0 Å². The summed E-state index contributed by atoms with van der Waals surface area (Å²) < 4.78 is 15.5. The van der Waals surface area contributed by atoms with E-state index < -0.39 is 0 Å². The molecule has 8 heteroatoms. The Hall–Kier alpha value is -1.93. The lowest BCUT2D eigenvalue weighted by atomic mass is 9.86. The van der Waals surface area contributed by atoms with E-state index in [-0.39, 0.29) is 17.8 Å². The number of carbonyl (C=O) groups is 1. The summed E-state index contributed by atoms with van der Waals surface area (Å²) in [6.07, 6.45) is 8.35. The van der Waals surface area contributed by atoms with E-state index in [1.165, 1.54) is 62.4 Å². The number of aromatic nitrogens is 3. The van der Waals surface area contributed by atoms with E-state index in [1.54, 1.807) is 12.1 Å². The second-order valence-corrected chi connectivity index (χ2v) is 9.71. The van der Waals surface area contributed by atoms with Crippen LogP contribution in [0.3, 0.4) is 0 Å². The molecule has 2 aromatic rings. The summed E-state index contributed by atoms with van der Waals surface area (Å²) in [4.78, 5) is 15.0. The number of amides is 1. The van der Waals surface area contributed by atoms with Crippen LogP contribution in [0.15, 0.2) is 29.4 Å². The van der Waals surface area contributed by atoms with Crippen molar-refractivity contribution in [3.05, 3.63) is 35.9 Å². The topological polar surface area (TPSA) is 63.1 Å². The average Bonchev–Trinajstić information content (AvgIpc) is 3.17. The molecule has 2 unspecified atom stereocenters. The Morgan fingerprint density at radius 3 is 2.58 bits per heavy atom. The van der Waals surface area contributed by atoms with Crippen molar-refractivity contribution in [2.75, 3.05) is 18.8 Å². The highest BCUT2D eigenvalue weighted by Gasteiger charge is 2.24. The van der Waals surface area contributed by atoms with Crippen LogP contribution in [0, 0.1) is 11.7 Å². The molecule has 1 saturated carbocycles. The highest BCUT2D eigenvalue weighted by Crippen LogP contribution is 2.26. The zero-order chi connectivity index (χ0) is 21.6. The molecule has 0 radical (unpaired) electrons. The Morgan fingerprint density at radius 1 is 1.10 bits per heavy atom. The molecule has 31 heavy (non-hydrogen) atoms. The van der Waals surface area contributed by atoms with Gasteiger partial charge in [-0.15, -0.1) is 10.2 Å². The van der Waals surface area contributed by atoms with Crippen molar-refractivity contribution in [1.82, 2.24) is 25.0 Å². The summed E-state index contributed by atoms with van der Waals surface area (Å²) in [6.45, 7) is 5.04. The van der Waals surface area contributed by atoms with Crippen LogP contribution in [-0.2, 0) is 11.3 Å². The van der Waals surface area contributed by atoms with Crippen molar-refractivity contribution in [2.45, 2.75) is 69.6 Å². The predicted octanol–water partition coefficient (Wildman–Crippen LogP) is 4.18. The van der Waals surface area contributed by atoms with Gasteiger partial charge in [0.05, 0.1) is 12.3 Å². The Balaban J connectivity index is 1.47. The van der Waals surface area contributed by atoms with E-state index in [0.717, 1.165) is 31.0 Å². The molecule has 1 aliphatic heterocycles. The molecular weight excluding hydrogens is 413 g/mol. The predicted molar refractivity (Wildman–Crippen MR) is 121 cm³/mol. The van der Waals surface area contributed by atoms with E-state index >= 15 is 0 Å². The van der Waals surface area contributed by atoms with Crippen LogP contribution in [0.2, 0.25) is 0 Å². The zero-order valence-corrected chi connectivity index (χ0v) is 19.0. The van der Waals surface area contributed by atoms with E-state index in [4.69, 9.17) is 0 Å². The van der Waals surface area contributed by atoms with Gasteiger partial charge in [0.25, 0.3) is 0 Å². The first-order valence-electron chi connectivity index (χ1n) is 11.4. The summed E-state index contributed by atoms with van der Waals surface area (Å²) in [5.41, 5.74) is 0.822. The number of carbonyl (C=O) groups excluding carboxylic acids is 1. The maximum Gasteiger partial charge on any atom is 0.230 e. The van der Waals surface area contributed by atoms with Gasteiger partial charge in [-0.05, 0) is 69.0 Å². The largest absolute Gasteiger partial charge is 0.352 e. The van der Waals surface area contributed by atoms with Crippen molar-refractivity contribution >= 4 is 17.7 Å². The molecule has 168 valence electrons. The normalized spacial score (nSPS) is 22.4. The highest BCUT2D eigenvalue weighted by atomic mass is 32.2. The Morgan fingerprint density at radius 2 is 1.84 bits per heavy atom. The molecule has 1 aromatic carbocycles. The first kappa shape index (κ1) is 22.3. The molecule has 6 nitrogen and oxygen atoms in total. The van der Waals surface area contributed by atoms with E-state index in [0.29, 0.717) is 23.4 Å². The van der Waals surface area contributed by atoms with Gasteiger partial charge in [-0.3, -0.25) is 14.3 Å². The molecular formula is C23H32FN5OS. The van der Waals surface area contributed by atoms with Gasteiger partial charge in [0.2, 0.25) is 5.91 Å². The summed E-state index contributed by atoms with van der Waals surface area (Å²) in [6, 6.07) is 6.65. The minimum absolute atomic E-state index is 0.0370. The van der Waals surface area contributed by atoms with E-state index in [1.807, 2.05) is 4.57 Å².